The van der Waals surface area contributed by atoms with Crippen LogP contribution in [0, 0.1) is 5.92 Å². The molecule has 1 saturated carbocycles. The van der Waals surface area contributed by atoms with Crippen LogP contribution in [0.25, 0.3) is 0 Å². The molecule has 2 heterocycles. The van der Waals surface area contributed by atoms with E-state index in [1.54, 1.807) is 0 Å². The van der Waals surface area contributed by atoms with Crippen molar-refractivity contribution in [3.05, 3.63) is 33.1 Å². The van der Waals surface area contributed by atoms with Crippen LogP contribution in [0.2, 0.25) is 18.1 Å². The monoisotopic (exact) mass is 478 g/mol. The second kappa shape index (κ2) is 8.02. The Morgan fingerprint density at radius 2 is 1.97 bits per heavy atom. The van der Waals surface area contributed by atoms with E-state index in [0.717, 1.165) is 0 Å². The van der Waals surface area contributed by atoms with Gasteiger partial charge in [0.25, 0.3) is 12.1 Å². The lowest BCUT2D eigenvalue weighted by atomic mass is 10.1. The van der Waals surface area contributed by atoms with Gasteiger partial charge in [-0.15, -0.1) is 0 Å². The van der Waals surface area contributed by atoms with Crippen molar-refractivity contribution in [3.8, 4) is 0 Å². The molecule has 0 aromatic carbocycles. The number of rotatable bonds is 6. The minimum Gasteiger partial charge on any atom is -0.408 e. The third-order valence-corrected chi connectivity index (χ3v) is 13.3. The average molecular weight is 479 g/mol. The molecule has 30 heavy (non-hydrogen) atoms. The summed E-state index contributed by atoms with van der Waals surface area (Å²) in [6, 6.07) is 1.24. The van der Waals surface area contributed by atoms with Crippen LogP contribution in [-0.2, 0) is 18.5 Å². The molecular weight excluding hydrogens is 447 g/mol. The maximum absolute atomic E-state index is 12.4. The summed E-state index contributed by atoms with van der Waals surface area (Å²) in [5, 5.41) is -0.0818. The van der Waals surface area contributed by atoms with E-state index in [1.165, 1.54) is 23.9 Å². The lowest BCUT2D eigenvalue weighted by Crippen LogP contribution is -2.50. The van der Waals surface area contributed by atoms with E-state index in [1.807, 2.05) is 0 Å². The lowest BCUT2D eigenvalue weighted by molar-refractivity contribution is -0.0570. The molecule has 12 heteroatoms. The molecule has 2 aliphatic rings. The highest BCUT2D eigenvalue weighted by Gasteiger charge is 2.61. The minimum absolute atomic E-state index is 0.0818. The molecule has 1 aromatic rings. The fourth-order valence-corrected chi connectivity index (χ4v) is 6.99. The molecule has 2 N–H and O–H groups in total. The van der Waals surface area contributed by atoms with E-state index in [-0.39, 0.29) is 11.0 Å². The van der Waals surface area contributed by atoms with Gasteiger partial charge in [-0.25, -0.2) is 4.79 Å². The normalized spacial score (nSPS) is 34.0. The Morgan fingerprint density at radius 1 is 1.33 bits per heavy atom. The van der Waals surface area contributed by atoms with E-state index in [4.69, 9.17) is 13.9 Å². The van der Waals surface area contributed by atoms with Crippen molar-refractivity contribution in [2.75, 3.05) is 7.11 Å². The molecule has 1 aliphatic heterocycles. The third-order valence-electron chi connectivity index (χ3n) is 6.52. The van der Waals surface area contributed by atoms with Crippen LogP contribution in [-0.4, -0.2) is 53.8 Å². The molecule has 0 bridgehead atoms. The summed E-state index contributed by atoms with van der Waals surface area (Å²) in [5.41, 5.74) is -1.61. The van der Waals surface area contributed by atoms with Crippen LogP contribution in [0.5, 0.6) is 0 Å². The zero-order valence-corrected chi connectivity index (χ0v) is 20.9. The van der Waals surface area contributed by atoms with Crippen molar-refractivity contribution in [3.63, 3.8) is 0 Å². The van der Waals surface area contributed by atoms with Gasteiger partial charge in [-0.05, 0) is 24.6 Å². The molecule has 0 radical (unpaired) electrons. The molecule has 1 aliphatic carbocycles. The van der Waals surface area contributed by atoms with E-state index in [9.17, 15) is 19.0 Å². The van der Waals surface area contributed by atoms with Crippen LogP contribution in [0.15, 0.2) is 21.9 Å². The number of H-pyrrole nitrogens is 1. The van der Waals surface area contributed by atoms with Gasteiger partial charge in [0.05, 0.1) is 11.8 Å². The van der Waals surface area contributed by atoms with Crippen molar-refractivity contribution in [2.24, 2.45) is 5.92 Å². The fourth-order valence-electron chi connectivity index (χ4n) is 3.70. The second-order valence-corrected chi connectivity index (χ2v) is 17.9. The molecule has 7 atom stereocenters. The average Bonchev–Trinajstić information content (AvgIpc) is 3.31. The molecule has 9 nitrogen and oxygen atoms in total. The lowest BCUT2D eigenvalue weighted by Gasteiger charge is -2.40. The Balaban J connectivity index is 2.00. The molecule has 1 aromatic heterocycles. The quantitative estimate of drug-likeness (QED) is 0.326. The first-order valence-electron chi connectivity index (χ1n) is 9.90. The zero-order valence-electron chi connectivity index (χ0n) is 18.1. The smallest absolute Gasteiger partial charge is 0.330 e. The van der Waals surface area contributed by atoms with Crippen molar-refractivity contribution in [1.29, 1.82) is 0 Å². The number of hydrogen-bond acceptors (Lipinski definition) is 6. The Morgan fingerprint density at radius 3 is 2.43 bits per heavy atom. The number of hydrogen-bond donors (Lipinski definition) is 3. The van der Waals surface area contributed by atoms with Gasteiger partial charge in [0, 0.05) is 25.3 Å². The van der Waals surface area contributed by atoms with Gasteiger partial charge in [0.2, 0.25) is 0 Å². The number of aromatic amines is 1. The first kappa shape index (κ1) is 24.0. The van der Waals surface area contributed by atoms with Crippen LogP contribution in [0.1, 0.15) is 33.4 Å². The maximum atomic E-state index is 12.4. The summed E-state index contributed by atoms with van der Waals surface area (Å²) >= 11 is 3.89. The van der Waals surface area contributed by atoms with Crippen molar-refractivity contribution >= 4 is 27.1 Å². The predicted octanol–water partition coefficient (Wildman–Crippen LogP) is 2.34. The molecular formula is C18H31N2O7PSSi. The van der Waals surface area contributed by atoms with E-state index >= 15 is 0 Å². The van der Waals surface area contributed by atoms with Crippen molar-refractivity contribution < 1.29 is 23.4 Å². The highest BCUT2D eigenvalue weighted by Crippen LogP contribution is 2.66. The van der Waals surface area contributed by atoms with Gasteiger partial charge in [-0.2, -0.15) is 0 Å². The van der Waals surface area contributed by atoms with Crippen molar-refractivity contribution in [1.82, 2.24) is 9.55 Å². The van der Waals surface area contributed by atoms with Crippen molar-refractivity contribution in [2.45, 2.75) is 75.5 Å². The number of methoxy groups -OCH3 is 1. The van der Waals surface area contributed by atoms with E-state index in [0.29, 0.717) is 6.42 Å². The zero-order chi connectivity index (χ0) is 22.6. The Labute approximate surface area is 181 Å². The number of nitrogens with zero attached hydrogens (tertiary/aromatic N) is 1. The second-order valence-electron chi connectivity index (χ2n) is 9.61. The summed E-state index contributed by atoms with van der Waals surface area (Å²) in [7, 11) is -0.749. The summed E-state index contributed by atoms with van der Waals surface area (Å²) in [5.74, 6) is -0.228. The van der Waals surface area contributed by atoms with Crippen LogP contribution >= 0.6 is 18.8 Å². The van der Waals surface area contributed by atoms with Gasteiger partial charge in [-0.3, -0.25) is 18.9 Å². The molecule has 3 rings (SSSR count). The number of aromatic nitrogens is 2. The van der Waals surface area contributed by atoms with Gasteiger partial charge < -0.3 is 18.8 Å². The number of nitrogens with one attached hydrogen (secondary N) is 1. The number of ether oxygens (including phenoxy) is 2. The van der Waals surface area contributed by atoms with Gasteiger partial charge in [0.15, 0.2) is 14.5 Å². The summed E-state index contributed by atoms with van der Waals surface area (Å²) in [4.78, 5) is 36.0. The summed E-state index contributed by atoms with van der Waals surface area (Å²) in [6.45, 7) is 7.00. The molecule has 170 valence electrons. The number of thiol groups is 1. The predicted molar refractivity (Wildman–Crippen MR) is 119 cm³/mol. The molecule has 2 fully saturated rings. The first-order chi connectivity index (χ1) is 13.7. The van der Waals surface area contributed by atoms with Gasteiger partial charge in [0.1, 0.15) is 12.2 Å². The maximum Gasteiger partial charge on any atom is 0.330 e. The highest BCUT2D eigenvalue weighted by atomic mass is 32.7. The first-order valence-corrected chi connectivity index (χ1v) is 15.7. The molecule has 3 unspecified atom stereocenters. The van der Waals surface area contributed by atoms with Gasteiger partial charge >= 0.3 is 5.69 Å². The minimum atomic E-state index is -3.57. The van der Waals surface area contributed by atoms with Crippen LogP contribution in [0.3, 0.4) is 0 Å². The van der Waals surface area contributed by atoms with E-state index in [2.05, 4.69) is 51.1 Å². The Hall–Kier alpha value is -0.683. The van der Waals surface area contributed by atoms with Gasteiger partial charge in [-0.1, -0.05) is 33.0 Å². The standard InChI is InChI=1S/C18H31N2O7PSSi/c1-18(2,3)30(5,6)27-14-13(10-9-11(10)28(23,24)29)26-16(15(14)25-4)20-8-7-12(21)19-17(20)22/h7-8,10-11,13-16H,9H2,1-6H3,(H,19,21,22)(H2,23,24,29)/t10?,11?,13-,14-,15-,16-/m1/s1. The third kappa shape index (κ3) is 4.57. The van der Waals surface area contributed by atoms with Crippen LogP contribution in [0.4, 0.5) is 0 Å². The SMILES string of the molecule is CO[C@@H]1[C@H](O[Si](C)(C)C(C)(C)C)[C@@H](C2CC2P(=O)(O)S)O[C@H]1n1ccc(=O)[nH]c1=O. The van der Waals surface area contributed by atoms with Crippen LogP contribution < -0.4 is 11.2 Å². The molecule has 0 spiro atoms. The topological polar surface area (TPSA) is 120 Å². The van der Waals surface area contributed by atoms with E-state index < -0.39 is 56.3 Å². The molecule has 0 amide bonds. The Kier molecular flexibility index (Phi) is 6.41. The summed E-state index contributed by atoms with van der Waals surface area (Å²) in [6.07, 6.45) is -0.683. The molecule has 1 saturated heterocycles. The fraction of sp³-hybridized carbons (Fsp3) is 0.778. The summed E-state index contributed by atoms with van der Waals surface area (Å²) < 4.78 is 32.0. The largest absolute Gasteiger partial charge is 0.408 e. The highest BCUT2D eigenvalue weighted by molar-refractivity contribution is 8.46. The Bertz CT molecular complexity index is 953.